The Morgan fingerprint density at radius 3 is 1.56 bits per heavy atom. The Labute approximate surface area is 339 Å². The van der Waals surface area contributed by atoms with Crippen LogP contribution in [-0.4, -0.2) is 8.07 Å². The van der Waals surface area contributed by atoms with Crippen molar-refractivity contribution in [3.05, 3.63) is 192 Å². The van der Waals surface area contributed by atoms with Gasteiger partial charge in [0.15, 0.2) is 8.07 Å². The number of hydrogen-bond donors (Lipinski definition) is 0. The van der Waals surface area contributed by atoms with Crippen molar-refractivity contribution < 1.29 is 20.6 Å². The quantitative estimate of drug-likeness (QED) is 0.127. The van der Waals surface area contributed by atoms with Gasteiger partial charge in [-0.2, -0.15) is 0 Å². The SMILES string of the molecule is [2H]C([2H])([2H])c1ccc([Si](c2ccccc2)(c2ccccc2)c2cccc3c2Sc2ccccc2C3(C([2H])([2H])[2H])C([2H])([2H])[2H])cc1-c1cccc2c1Sc1ccccc1C2(C([2H])([2H])[2H])C([2H])([2H])[2H]. The van der Waals surface area contributed by atoms with Gasteiger partial charge in [0.2, 0.25) is 0 Å². The Kier molecular flexibility index (Phi) is 4.98. The highest BCUT2D eigenvalue weighted by Crippen LogP contribution is 2.52. The van der Waals surface area contributed by atoms with Crippen LogP contribution < -0.4 is 20.7 Å². The number of fused-ring (bicyclic) bond motifs is 4. The topological polar surface area (TPSA) is 0 Å². The Balaban J connectivity index is 1.44. The fraction of sp³-hybridized carbons (Fsp3) is 0.143. The molecule has 0 saturated carbocycles. The summed E-state index contributed by atoms with van der Waals surface area (Å²) >= 11 is 2.51. The zero-order valence-electron chi connectivity index (χ0n) is 42.9. The van der Waals surface area contributed by atoms with Crippen LogP contribution >= 0.6 is 23.5 Å². The molecule has 7 aromatic carbocycles. The van der Waals surface area contributed by atoms with Gasteiger partial charge in [0.25, 0.3) is 0 Å². The van der Waals surface area contributed by atoms with Crippen molar-refractivity contribution in [2.75, 3.05) is 0 Å². The first-order valence-electron chi connectivity index (χ1n) is 24.5. The van der Waals surface area contributed by atoms with Gasteiger partial charge in [0, 0.05) is 51.0 Å². The predicted molar refractivity (Wildman–Crippen MR) is 226 cm³/mol. The first-order valence-corrected chi connectivity index (χ1v) is 20.7. The molecule has 2 aliphatic rings. The molecule has 2 heterocycles. The van der Waals surface area contributed by atoms with Crippen molar-refractivity contribution in [3.63, 3.8) is 0 Å². The van der Waals surface area contributed by atoms with Crippen LogP contribution in [0.25, 0.3) is 11.1 Å². The molecule has 0 unspecified atom stereocenters. The van der Waals surface area contributed by atoms with Crippen LogP contribution in [0.15, 0.2) is 183 Å². The molecule has 2 aliphatic heterocycles. The summed E-state index contributed by atoms with van der Waals surface area (Å²) in [6.45, 7) is -15.0. The zero-order valence-corrected chi connectivity index (χ0v) is 30.5. The van der Waals surface area contributed by atoms with E-state index in [-0.39, 0.29) is 33.4 Å². The maximum atomic E-state index is 9.09. The molecule has 0 spiro atoms. The van der Waals surface area contributed by atoms with Gasteiger partial charge < -0.3 is 0 Å². The van der Waals surface area contributed by atoms with E-state index in [0.29, 0.717) is 35.5 Å². The van der Waals surface area contributed by atoms with E-state index in [0.717, 1.165) is 10.4 Å². The van der Waals surface area contributed by atoms with Gasteiger partial charge in [0.05, 0.1) is 0 Å². The number of hydrogen-bond acceptors (Lipinski definition) is 2. The molecule has 0 aliphatic carbocycles. The molecule has 9 rings (SSSR count). The largest absolute Gasteiger partial charge is 0.180 e. The molecule has 0 radical (unpaired) electrons. The summed E-state index contributed by atoms with van der Waals surface area (Å²) < 4.78 is 135. The molecule has 3 heteroatoms. The van der Waals surface area contributed by atoms with Crippen molar-refractivity contribution in [1.29, 1.82) is 0 Å². The summed E-state index contributed by atoms with van der Waals surface area (Å²) in [5.41, 5.74) is -3.93. The average Bonchev–Trinajstić information content (AvgIpc) is 3.26. The van der Waals surface area contributed by atoms with Crippen molar-refractivity contribution in [2.45, 2.75) is 64.7 Å². The van der Waals surface area contributed by atoms with Crippen LogP contribution in [0.1, 0.15) is 75.8 Å². The molecule has 0 amide bonds. The van der Waals surface area contributed by atoms with Crippen molar-refractivity contribution in [3.8, 4) is 11.1 Å². The van der Waals surface area contributed by atoms with E-state index in [1.165, 1.54) is 35.7 Å². The Bertz CT molecular complexity index is 2960. The third-order valence-corrected chi connectivity index (χ3v) is 17.8. The fourth-order valence-electron chi connectivity index (χ4n) is 7.98. The number of aryl methyl sites for hydroxylation is 1. The van der Waals surface area contributed by atoms with Gasteiger partial charge in [-0.25, -0.2) is 0 Å². The van der Waals surface area contributed by atoms with E-state index in [9.17, 15) is 0 Å². The highest BCUT2D eigenvalue weighted by molar-refractivity contribution is 8.00. The van der Waals surface area contributed by atoms with Gasteiger partial charge in [-0.1, -0.05) is 203 Å². The highest BCUT2D eigenvalue weighted by atomic mass is 32.2. The van der Waals surface area contributed by atoms with Crippen LogP contribution in [0.2, 0.25) is 0 Å². The maximum absolute atomic E-state index is 9.09. The lowest BCUT2D eigenvalue weighted by atomic mass is 9.76. The molecule has 0 bridgehead atoms. The molecular formula is C49H42S2Si. The minimum absolute atomic E-state index is 0.0306. The molecule has 254 valence electrons. The second-order valence-corrected chi connectivity index (χ2v) is 19.2. The summed E-state index contributed by atoms with van der Waals surface area (Å²) in [5, 5.41) is 3.00. The van der Waals surface area contributed by atoms with E-state index in [2.05, 4.69) is 0 Å². The summed E-state index contributed by atoms with van der Waals surface area (Å²) in [5.74, 6) is 0. The number of benzene rings is 7. The highest BCUT2D eigenvalue weighted by Gasteiger charge is 2.46. The summed E-state index contributed by atoms with van der Waals surface area (Å²) in [4.78, 5) is 1.67. The van der Waals surface area contributed by atoms with Gasteiger partial charge in [-0.15, -0.1) is 0 Å². The molecule has 0 fully saturated rings. The molecule has 0 N–H and O–H groups in total. The first kappa shape index (κ1) is 20.6. The van der Waals surface area contributed by atoms with E-state index in [4.69, 9.17) is 20.6 Å². The second-order valence-electron chi connectivity index (χ2n) is 13.3. The molecular weight excluding hydrogens is 681 g/mol. The third kappa shape index (κ3) is 4.97. The molecule has 7 aromatic rings. The molecule has 0 saturated heterocycles. The molecule has 0 aromatic heterocycles. The van der Waals surface area contributed by atoms with Gasteiger partial charge in [0.1, 0.15) is 0 Å². The minimum atomic E-state index is -3.87. The Hall–Kier alpha value is -4.54. The molecule has 52 heavy (non-hydrogen) atoms. The lowest BCUT2D eigenvalue weighted by Gasteiger charge is -2.41. The standard InChI is InChI=1S/C49H42S2Si/c1-33-30-31-36(32-38(33)37-22-16-25-41-46(37)50-43-27-14-12-23-39(43)48(41,2)3)52(34-18-8-6-9-19-34,35-20-10-7-11-21-35)45-29-17-26-42-47(45)51-44-28-15-13-24-40(44)49(42,4)5/h6-32H,1-5H3/i1D3,2D3,3D3,4D3,5D3. The Morgan fingerprint density at radius 2 is 0.962 bits per heavy atom. The summed E-state index contributed by atoms with van der Waals surface area (Å²) in [6, 6.07) is 47.8. The van der Waals surface area contributed by atoms with E-state index >= 15 is 0 Å². The lowest BCUT2D eigenvalue weighted by Crippen LogP contribution is -2.75. The smallest absolute Gasteiger partial charge is 0.0895 e. The first-order chi connectivity index (χ1) is 31.4. The van der Waals surface area contributed by atoms with E-state index in [1.54, 1.807) is 78.9 Å². The van der Waals surface area contributed by atoms with Crippen LogP contribution in [0, 0.1) is 6.85 Å². The zero-order chi connectivity index (χ0) is 48.2. The van der Waals surface area contributed by atoms with Crippen LogP contribution in [0.4, 0.5) is 0 Å². The monoisotopic (exact) mass is 737 g/mol. The normalized spacial score (nSPS) is 20.7. The minimum Gasteiger partial charge on any atom is -0.0895 e. The maximum Gasteiger partial charge on any atom is 0.180 e. The van der Waals surface area contributed by atoms with Crippen molar-refractivity contribution in [1.82, 2.24) is 0 Å². The van der Waals surface area contributed by atoms with E-state index < -0.39 is 53.2 Å². The lowest BCUT2D eigenvalue weighted by molar-refractivity contribution is 0.608. The third-order valence-electron chi connectivity index (χ3n) is 10.4. The molecule has 0 atom stereocenters. The number of rotatable bonds is 5. The predicted octanol–water partition coefficient (Wildman–Crippen LogP) is 10.6. The van der Waals surface area contributed by atoms with Crippen LogP contribution in [0.3, 0.4) is 0 Å². The molecule has 0 nitrogen and oxygen atoms in total. The van der Waals surface area contributed by atoms with Crippen molar-refractivity contribution >= 4 is 52.3 Å². The fourth-order valence-corrected chi connectivity index (χ4v) is 15.9. The average molecular weight is 738 g/mol. The summed E-state index contributed by atoms with van der Waals surface area (Å²) in [6.07, 6.45) is 0. The second kappa shape index (κ2) is 12.6. The van der Waals surface area contributed by atoms with Crippen molar-refractivity contribution in [2.24, 2.45) is 0 Å². The van der Waals surface area contributed by atoms with Gasteiger partial charge in [-0.05, 0) is 78.7 Å². The summed E-state index contributed by atoms with van der Waals surface area (Å²) in [7, 11) is -3.87. The van der Waals surface area contributed by atoms with Gasteiger partial charge in [-0.3, -0.25) is 0 Å². The van der Waals surface area contributed by atoms with Gasteiger partial charge >= 0.3 is 0 Å². The van der Waals surface area contributed by atoms with Crippen LogP contribution in [0.5, 0.6) is 0 Å². The van der Waals surface area contributed by atoms with Crippen LogP contribution in [-0.2, 0) is 10.8 Å². The van der Waals surface area contributed by atoms with E-state index in [1.807, 2.05) is 72.8 Å². The Morgan fingerprint density at radius 1 is 0.442 bits per heavy atom.